The number of carbonyl (C=O) groups is 2. The molecule has 0 heterocycles. The Morgan fingerprint density at radius 3 is 2.23 bits per heavy atom. The monoisotopic (exact) mass is 422 g/mol. The Morgan fingerprint density at radius 2 is 1.68 bits per heavy atom. The average Bonchev–Trinajstić information content (AvgIpc) is 3.44. The summed E-state index contributed by atoms with van der Waals surface area (Å²) >= 11 is 0. The molecule has 2 aliphatic carbocycles. The van der Waals surface area contributed by atoms with E-state index in [9.17, 15) is 9.59 Å². The van der Waals surface area contributed by atoms with E-state index in [0.717, 1.165) is 29.5 Å². The summed E-state index contributed by atoms with van der Waals surface area (Å²) in [6, 6.07) is 15.4. The summed E-state index contributed by atoms with van der Waals surface area (Å²) in [7, 11) is 0. The Kier molecular flexibility index (Phi) is 6.65. The Labute approximate surface area is 182 Å². The third-order valence-electron chi connectivity index (χ3n) is 6.71. The van der Waals surface area contributed by atoms with Crippen molar-refractivity contribution < 1.29 is 14.8 Å². The molecule has 2 saturated carbocycles. The average molecular weight is 423 g/mol. The van der Waals surface area contributed by atoms with Crippen molar-refractivity contribution in [1.29, 1.82) is 0 Å². The van der Waals surface area contributed by atoms with Crippen LogP contribution in [0.4, 0.5) is 0 Å². The Morgan fingerprint density at radius 1 is 1.00 bits per heavy atom. The van der Waals surface area contributed by atoms with E-state index >= 15 is 0 Å². The second-order valence-corrected chi connectivity index (χ2v) is 8.67. The molecule has 2 aromatic carbocycles. The van der Waals surface area contributed by atoms with Crippen LogP contribution in [0.2, 0.25) is 0 Å². The molecule has 2 fully saturated rings. The maximum atomic E-state index is 12.3. The van der Waals surface area contributed by atoms with E-state index in [4.69, 9.17) is 10.9 Å². The fourth-order valence-electron chi connectivity index (χ4n) is 4.92. The largest absolute Gasteiger partial charge is 0.339 e. The molecule has 0 saturated heterocycles. The highest BCUT2D eigenvalue weighted by atomic mass is 16.5. The molecule has 0 radical (unpaired) electrons. The van der Waals surface area contributed by atoms with Gasteiger partial charge in [0.2, 0.25) is 0 Å². The van der Waals surface area contributed by atoms with Crippen LogP contribution in [0.3, 0.4) is 0 Å². The fourth-order valence-corrected chi connectivity index (χ4v) is 4.92. The van der Waals surface area contributed by atoms with Crippen LogP contribution in [-0.2, 0) is 11.3 Å². The zero-order chi connectivity index (χ0) is 21.8. The van der Waals surface area contributed by atoms with Gasteiger partial charge in [0, 0.05) is 24.7 Å². The van der Waals surface area contributed by atoms with E-state index in [1.165, 1.54) is 36.7 Å². The SMILES string of the molecule is NC[C@H](NC(=O)c1ccc(-c2ccc(CNC3C[C@@H]4CCC3C4)cc2)cc1)C(=O)NO. The highest BCUT2D eigenvalue weighted by Crippen LogP contribution is 2.44. The van der Waals surface area contributed by atoms with Gasteiger partial charge in [0.25, 0.3) is 11.8 Å². The molecule has 31 heavy (non-hydrogen) atoms. The van der Waals surface area contributed by atoms with Crippen LogP contribution in [0.15, 0.2) is 48.5 Å². The normalized spacial score (nSPS) is 22.8. The van der Waals surface area contributed by atoms with Gasteiger partial charge in [-0.15, -0.1) is 0 Å². The molecule has 7 heteroatoms. The van der Waals surface area contributed by atoms with Gasteiger partial charge in [-0.1, -0.05) is 42.8 Å². The fraction of sp³-hybridized carbons (Fsp3) is 0.417. The molecule has 0 aromatic heterocycles. The zero-order valence-electron chi connectivity index (χ0n) is 17.5. The molecule has 4 rings (SSSR count). The van der Waals surface area contributed by atoms with E-state index < -0.39 is 17.9 Å². The van der Waals surface area contributed by atoms with Crippen LogP contribution < -0.4 is 21.8 Å². The lowest BCUT2D eigenvalue weighted by Gasteiger charge is -2.23. The molecule has 7 nitrogen and oxygen atoms in total. The predicted octanol–water partition coefficient (Wildman–Crippen LogP) is 2.19. The number of amides is 2. The third kappa shape index (κ3) is 4.95. The molecule has 4 atom stereocenters. The van der Waals surface area contributed by atoms with Gasteiger partial charge in [-0.3, -0.25) is 14.8 Å². The van der Waals surface area contributed by atoms with Crippen molar-refractivity contribution in [2.75, 3.05) is 6.54 Å². The molecule has 0 spiro atoms. The van der Waals surface area contributed by atoms with Crippen LogP contribution in [-0.4, -0.2) is 35.7 Å². The summed E-state index contributed by atoms with van der Waals surface area (Å²) in [5.74, 6) is 0.649. The van der Waals surface area contributed by atoms with Crippen molar-refractivity contribution >= 4 is 11.8 Å². The van der Waals surface area contributed by atoms with Crippen molar-refractivity contribution in [3.63, 3.8) is 0 Å². The number of rotatable bonds is 8. The van der Waals surface area contributed by atoms with Crippen molar-refractivity contribution in [3.8, 4) is 11.1 Å². The summed E-state index contributed by atoms with van der Waals surface area (Å²) in [4.78, 5) is 23.8. The number of carbonyl (C=O) groups excluding carboxylic acids is 2. The van der Waals surface area contributed by atoms with Gasteiger partial charge < -0.3 is 16.4 Å². The van der Waals surface area contributed by atoms with Crippen LogP contribution >= 0.6 is 0 Å². The van der Waals surface area contributed by atoms with E-state index in [0.29, 0.717) is 11.6 Å². The quantitative estimate of drug-likeness (QED) is 0.330. The lowest BCUT2D eigenvalue weighted by Crippen LogP contribution is -2.50. The molecule has 2 amide bonds. The van der Waals surface area contributed by atoms with Crippen molar-refractivity contribution in [1.82, 2.24) is 16.1 Å². The van der Waals surface area contributed by atoms with Gasteiger partial charge in [-0.25, -0.2) is 5.48 Å². The maximum absolute atomic E-state index is 12.3. The molecule has 6 N–H and O–H groups in total. The minimum atomic E-state index is -0.988. The van der Waals surface area contributed by atoms with E-state index in [1.54, 1.807) is 12.1 Å². The standard InChI is InChI=1S/C24H30N4O3/c25-13-22(24(30)28-31)27-23(29)19-9-7-18(8-10-19)17-4-1-15(2-5-17)14-26-21-12-16-3-6-20(21)11-16/h1-2,4-5,7-10,16,20-22,26,31H,3,6,11-14,25H2,(H,27,29)(H,28,30)/t16-,20?,21?,22+/m1/s1. The van der Waals surface area contributed by atoms with Gasteiger partial charge >= 0.3 is 0 Å². The number of hydroxylamine groups is 1. The van der Waals surface area contributed by atoms with E-state index in [2.05, 4.69) is 34.9 Å². The summed E-state index contributed by atoms with van der Waals surface area (Å²) < 4.78 is 0. The van der Waals surface area contributed by atoms with Gasteiger partial charge in [-0.05, 0) is 59.9 Å². The summed E-state index contributed by atoms with van der Waals surface area (Å²) in [6.45, 7) is 0.788. The number of hydrogen-bond acceptors (Lipinski definition) is 5. The molecular weight excluding hydrogens is 392 g/mol. The number of nitrogens with two attached hydrogens (primary N) is 1. The molecule has 2 unspecified atom stereocenters. The molecule has 2 aromatic rings. The minimum absolute atomic E-state index is 0.112. The molecule has 2 bridgehead atoms. The number of nitrogens with one attached hydrogen (secondary N) is 3. The van der Waals surface area contributed by atoms with Gasteiger partial charge in [0.15, 0.2) is 0 Å². The first-order chi connectivity index (χ1) is 15.1. The Bertz CT molecular complexity index is 913. The summed E-state index contributed by atoms with van der Waals surface area (Å²) in [6.07, 6.45) is 5.55. The van der Waals surface area contributed by atoms with Crippen molar-refractivity contribution in [2.45, 2.75) is 44.3 Å². The van der Waals surface area contributed by atoms with Gasteiger partial charge in [0.1, 0.15) is 6.04 Å². The second kappa shape index (κ2) is 9.60. The number of benzene rings is 2. The van der Waals surface area contributed by atoms with Gasteiger partial charge in [0.05, 0.1) is 0 Å². The van der Waals surface area contributed by atoms with Gasteiger partial charge in [-0.2, -0.15) is 0 Å². The van der Waals surface area contributed by atoms with Crippen LogP contribution in [0.25, 0.3) is 11.1 Å². The van der Waals surface area contributed by atoms with Crippen molar-refractivity contribution in [3.05, 3.63) is 59.7 Å². The molecule has 164 valence electrons. The molecular formula is C24H30N4O3. The number of hydrogen-bond donors (Lipinski definition) is 5. The van der Waals surface area contributed by atoms with Crippen LogP contribution in [0, 0.1) is 11.8 Å². The zero-order valence-corrected chi connectivity index (χ0v) is 17.5. The second-order valence-electron chi connectivity index (χ2n) is 8.67. The highest BCUT2D eigenvalue weighted by molar-refractivity contribution is 5.97. The Balaban J connectivity index is 1.33. The first-order valence-electron chi connectivity index (χ1n) is 10.9. The summed E-state index contributed by atoms with van der Waals surface area (Å²) in [5, 5.41) is 15.0. The Hall–Kier alpha value is -2.74. The lowest BCUT2D eigenvalue weighted by molar-refractivity contribution is -0.130. The first-order valence-corrected chi connectivity index (χ1v) is 10.9. The predicted molar refractivity (Wildman–Crippen MR) is 118 cm³/mol. The maximum Gasteiger partial charge on any atom is 0.267 e. The van der Waals surface area contributed by atoms with Crippen LogP contribution in [0.1, 0.15) is 41.6 Å². The summed E-state index contributed by atoms with van der Waals surface area (Å²) in [5.41, 5.74) is 10.7. The lowest BCUT2D eigenvalue weighted by atomic mass is 9.95. The number of fused-ring (bicyclic) bond motifs is 2. The van der Waals surface area contributed by atoms with Crippen LogP contribution in [0.5, 0.6) is 0 Å². The topological polar surface area (TPSA) is 116 Å². The highest BCUT2D eigenvalue weighted by Gasteiger charge is 2.38. The first kappa shape index (κ1) is 21.5. The van der Waals surface area contributed by atoms with Crippen molar-refractivity contribution in [2.24, 2.45) is 17.6 Å². The molecule has 0 aliphatic heterocycles. The third-order valence-corrected chi connectivity index (χ3v) is 6.71. The molecule has 2 aliphatic rings. The smallest absolute Gasteiger partial charge is 0.267 e. The van der Waals surface area contributed by atoms with E-state index in [-0.39, 0.29) is 6.54 Å². The van der Waals surface area contributed by atoms with E-state index in [1.807, 2.05) is 12.1 Å². The minimum Gasteiger partial charge on any atom is -0.339 e.